The van der Waals surface area contributed by atoms with Gasteiger partial charge in [-0.25, -0.2) is 9.97 Å². The van der Waals surface area contributed by atoms with Crippen LogP contribution < -0.4 is 11.1 Å². The fourth-order valence-electron chi connectivity index (χ4n) is 4.25. The van der Waals surface area contributed by atoms with Gasteiger partial charge >= 0.3 is 0 Å². The van der Waals surface area contributed by atoms with Crippen LogP contribution in [0.5, 0.6) is 0 Å². The molecule has 7 nitrogen and oxygen atoms in total. The Labute approximate surface area is 168 Å². The number of hydrogen-bond donors (Lipinski definition) is 2. The summed E-state index contributed by atoms with van der Waals surface area (Å²) >= 11 is 6.85. The Hall–Kier alpha value is -2.85. The van der Waals surface area contributed by atoms with Gasteiger partial charge < -0.3 is 16.0 Å². The standard InChI is InChI=1S/C20H21ClN6O/c1-27(2)19(28)17-13(23)3-4-14(26-17)12-9-24-18-15(16(12)21)20(10-25-18)6-5-11(7-20)8-22/h3-4,9,11H,5-7,10,23H2,1-2H3,(H,24,25). The highest BCUT2D eigenvalue weighted by molar-refractivity contribution is 6.34. The number of nitriles is 1. The summed E-state index contributed by atoms with van der Waals surface area (Å²) in [7, 11) is 3.31. The Balaban J connectivity index is 1.81. The molecule has 2 unspecified atom stereocenters. The third-order valence-electron chi connectivity index (χ3n) is 5.74. The topological polar surface area (TPSA) is 108 Å². The number of nitrogens with two attached hydrogens (primary N) is 1. The van der Waals surface area contributed by atoms with Crippen LogP contribution in [-0.4, -0.2) is 41.4 Å². The van der Waals surface area contributed by atoms with E-state index >= 15 is 0 Å². The van der Waals surface area contributed by atoms with Gasteiger partial charge in [0.1, 0.15) is 5.82 Å². The molecule has 1 amide bonds. The van der Waals surface area contributed by atoms with Crippen molar-refractivity contribution >= 4 is 29.0 Å². The number of hydrogen-bond acceptors (Lipinski definition) is 6. The summed E-state index contributed by atoms with van der Waals surface area (Å²) in [4.78, 5) is 22.9. The zero-order valence-electron chi connectivity index (χ0n) is 15.8. The number of amides is 1. The number of nitrogens with zero attached hydrogens (tertiary/aromatic N) is 4. The summed E-state index contributed by atoms with van der Waals surface area (Å²) in [5, 5.41) is 13.3. The first-order valence-corrected chi connectivity index (χ1v) is 9.55. The predicted molar refractivity (Wildman–Crippen MR) is 108 cm³/mol. The zero-order chi connectivity index (χ0) is 20.1. The Morgan fingerprint density at radius 1 is 1.46 bits per heavy atom. The SMILES string of the molecule is CN(C)C(=O)c1nc(-c2cnc3c(c2Cl)C2(CCC(C#N)C2)CN3)ccc1N. The molecular formula is C20H21ClN6O. The highest BCUT2D eigenvalue weighted by atomic mass is 35.5. The molecule has 144 valence electrons. The first-order valence-electron chi connectivity index (χ1n) is 9.17. The second-order valence-corrected chi connectivity index (χ2v) is 8.12. The second kappa shape index (κ2) is 6.64. The molecule has 2 aliphatic rings. The van der Waals surface area contributed by atoms with Gasteiger partial charge in [0.05, 0.1) is 22.5 Å². The van der Waals surface area contributed by atoms with E-state index in [-0.39, 0.29) is 22.9 Å². The largest absolute Gasteiger partial charge is 0.397 e. The minimum absolute atomic E-state index is 0.0337. The van der Waals surface area contributed by atoms with Gasteiger partial charge in [-0.05, 0) is 31.4 Å². The number of aromatic nitrogens is 2. The molecule has 2 aromatic heterocycles. The van der Waals surface area contributed by atoms with Crippen molar-refractivity contribution in [2.24, 2.45) is 5.92 Å². The van der Waals surface area contributed by atoms with Crippen LogP contribution in [0.4, 0.5) is 11.5 Å². The highest BCUT2D eigenvalue weighted by Crippen LogP contribution is 2.53. The van der Waals surface area contributed by atoms with Crippen LogP contribution in [0.3, 0.4) is 0 Å². The van der Waals surface area contributed by atoms with Crippen LogP contribution in [0.2, 0.25) is 5.02 Å². The normalized spacial score (nSPS) is 22.6. The molecule has 2 aromatic rings. The molecule has 1 aliphatic heterocycles. The molecule has 0 aromatic carbocycles. The molecule has 1 aliphatic carbocycles. The second-order valence-electron chi connectivity index (χ2n) is 7.75. The molecule has 0 saturated heterocycles. The minimum Gasteiger partial charge on any atom is -0.397 e. The lowest BCUT2D eigenvalue weighted by atomic mass is 9.80. The lowest BCUT2D eigenvalue weighted by Gasteiger charge is -2.24. The van der Waals surface area contributed by atoms with Crippen LogP contribution in [0, 0.1) is 17.2 Å². The summed E-state index contributed by atoms with van der Waals surface area (Å²) in [6.45, 7) is 0.732. The molecule has 2 atom stereocenters. The van der Waals surface area contributed by atoms with Gasteiger partial charge in [0, 0.05) is 49.3 Å². The lowest BCUT2D eigenvalue weighted by molar-refractivity contribution is 0.0823. The number of fused-ring (bicyclic) bond motifs is 2. The highest BCUT2D eigenvalue weighted by Gasteiger charge is 2.47. The molecule has 8 heteroatoms. The molecule has 3 N–H and O–H groups in total. The monoisotopic (exact) mass is 396 g/mol. The quantitative estimate of drug-likeness (QED) is 0.807. The van der Waals surface area contributed by atoms with Gasteiger partial charge in [-0.3, -0.25) is 4.79 Å². The number of nitrogens with one attached hydrogen (secondary N) is 1. The number of halogens is 1. The van der Waals surface area contributed by atoms with E-state index in [1.54, 1.807) is 32.4 Å². The van der Waals surface area contributed by atoms with E-state index in [4.69, 9.17) is 17.3 Å². The van der Waals surface area contributed by atoms with Crippen molar-refractivity contribution in [2.75, 3.05) is 31.7 Å². The summed E-state index contributed by atoms with van der Waals surface area (Å²) in [6, 6.07) is 5.80. The molecule has 0 bridgehead atoms. The van der Waals surface area contributed by atoms with E-state index in [2.05, 4.69) is 21.4 Å². The molecule has 1 spiro atoms. The van der Waals surface area contributed by atoms with Crippen molar-refractivity contribution in [3.63, 3.8) is 0 Å². The van der Waals surface area contributed by atoms with Gasteiger partial charge in [0.25, 0.3) is 5.91 Å². The summed E-state index contributed by atoms with van der Waals surface area (Å²) in [5.74, 6) is 0.536. The van der Waals surface area contributed by atoms with Crippen molar-refractivity contribution in [2.45, 2.75) is 24.7 Å². The smallest absolute Gasteiger partial charge is 0.274 e. The molecule has 3 heterocycles. The summed E-state index contributed by atoms with van der Waals surface area (Å²) in [5.41, 5.74) is 8.47. The van der Waals surface area contributed by atoms with E-state index in [1.807, 2.05) is 0 Å². The number of nitrogen functional groups attached to an aromatic ring is 1. The maximum atomic E-state index is 12.4. The number of anilines is 2. The molecule has 1 fully saturated rings. The van der Waals surface area contributed by atoms with E-state index in [0.29, 0.717) is 22.0 Å². The average molecular weight is 397 g/mol. The van der Waals surface area contributed by atoms with Crippen LogP contribution in [0.15, 0.2) is 18.3 Å². The van der Waals surface area contributed by atoms with Crippen molar-refractivity contribution in [3.05, 3.63) is 34.6 Å². The molecule has 28 heavy (non-hydrogen) atoms. The number of carbonyl (C=O) groups is 1. The fourth-order valence-corrected chi connectivity index (χ4v) is 4.69. The van der Waals surface area contributed by atoms with Crippen molar-refractivity contribution in [3.8, 4) is 17.3 Å². The summed E-state index contributed by atoms with van der Waals surface area (Å²) in [6.07, 6.45) is 4.20. The summed E-state index contributed by atoms with van der Waals surface area (Å²) < 4.78 is 0. The number of pyridine rings is 2. The van der Waals surface area contributed by atoms with Crippen LogP contribution >= 0.6 is 11.6 Å². The van der Waals surface area contributed by atoms with E-state index in [1.165, 1.54) is 4.90 Å². The maximum absolute atomic E-state index is 12.4. The predicted octanol–water partition coefficient (Wildman–Crippen LogP) is 3.07. The van der Waals surface area contributed by atoms with Crippen molar-refractivity contribution < 1.29 is 4.79 Å². The third kappa shape index (κ3) is 2.76. The molecular weight excluding hydrogens is 376 g/mol. The Bertz CT molecular complexity index is 1010. The van der Waals surface area contributed by atoms with E-state index in [9.17, 15) is 10.1 Å². The van der Waals surface area contributed by atoms with Crippen LogP contribution in [0.25, 0.3) is 11.3 Å². The van der Waals surface area contributed by atoms with Gasteiger partial charge in [0.2, 0.25) is 0 Å². The van der Waals surface area contributed by atoms with Gasteiger partial charge in [0.15, 0.2) is 5.69 Å². The molecule has 0 radical (unpaired) electrons. The van der Waals surface area contributed by atoms with E-state index in [0.717, 1.165) is 37.2 Å². The Morgan fingerprint density at radius 2 is 2.25 bits per heavy atom. The first kappa shape index (κ1) is 18.5. The van der Waals surface area contributed by atoms with E-state index < -0.39 is 0 Å². The first-order chi connectivity index (χ1) is 13.4. The Morgan fingerprint density at radius 3 is 2.93 bits per heavy atom. The minimum atomic E-state index is -0.268. The molecule has 1 saturated carbocycles. The van der Waals surface area contributed by atoms with Crippen LogP contribution in [0.1, 0.15) is 35.3 Å². The third-order valence-corrected chi connectivity index (χ3v) is 6.13. The number of rotatable bonds is 2. The average Bonchev–Trinajstić information content (AvgIpc) is 3.27. The molecule has 4 rings (SSSR count). The Kier molecular flexibility index (Phi) is 4.39. The van der Waals surface area contributed by atoms with Crippen molar-refractivity contribution in [1.29, 1.82) is 5.26 Å². The zero-order valence-corrected chi connectivity index (χ0v) is 16.5. The fraction of sp³-hybridized carbons (Fsp3) is 0.400. The number of carbonyl (C=O) groups excluding carboxylic acids is 1. The van der Waals surface area contributed by atoms with Gasteiger partial charge in [-0.15, -0.1) is 0 Å². The van der Waals surface area contributed by atoms with Gasteiger partial charge in [-0.1, -0.05) is 11.6 Å². The van der Waals surface area contributed by atoms with Gasteiger partial charge in [-0.2, -0.15) is 5.26 Å². The lowest BCUT2D eigenvalue weighted by Crippen LogP contribution is -2.25. The maximum Gasteiger partial charge on any atom is 0.274 e. The van der Waals surface area contributed by atoms with Crippen LogP contribution in [-0.2, 0) is 5.41 Å². The van der Waals surface area contributed by atoms with Crippen molar-refractivity contribution in [1.82, 2.24) is 14.9 Å².